The van der Waals surface area contributed by atoms with Gasteiger partial charge in [0.15, 0.2) is 0 Å². The van der Waals surface area contributed by atoms with Crippen molar-refractivity contribution < 1.29 is 13.2 Å². The first kappa shape index (κ1) is 15.6. The van der Waals surface area contributed by atoms with Gasteiger partial charge in [0.2, 0.25) is 0 Å². The number of hydrogen-bond donors (Lipinski definition) is 1. The summed E-state index contributed by atoms with van der Waals surface area (Å²) >= 11 is 1.54. The summed E-state index contributed by atoms with van der Waals surface area (Å²) in [6.07, 6.45) is 1.92. The number of hydrogen-bond acceptors (Lipinski definition) is 4. The Hall–Kier alpha value is -2.25. The summed E-state index contributed by atoms with van der Waals surface area (Å²) in [5, 5.41) is 0.658. The Labute approximate surface area is 138 Å². The average molecular weight is 346 g/mol. The molecule has 0 aliphatic carbocycles. The molecular formula is C16H14N2O3S2. The molecule has 7 heteroatoms. The van der Waals surface area contributed by atoms with Crippen molar-refractivity contribution in [2.45, 2.75) is 9.79 Å². The lowest BCUT2D eigenvalue weighted by Crippen LogP contribution is -2.22. The minimum Gasteiger partial charge on any atom is -0.364 e. The standard InChI is InChI=1S/C16H14N2O3S2/c1-22-12-7-8-14-11(9-12)10-15(16(17)19)18(14)23(20,21)13-5-3-2-4-6-13/h2-10H,1H3,(H2,17,19). The number of rotatable bonds is 4. The van der Waals surface area contributed by atoms with Gasteiger partial charge in [0.1, 0.15) is 5.69 Å². The highest BCUT2D eigenvalue weighted by molar-refractivity contribution is 7.98. The van der Waals surface area contributed by atoms with E-state index in [9.17, 15) is 13.2 Å². The second-order valence-corrected chi connectivity index (χ2v) is 7.57. The average Bonchev–Trinajstić information content (AvgIpc) is 2.95. The molecule has 5 nitrogen and oxygen atoms in total. The highest BCUT2D eigenvalue weighted by atomic mass is 32.2. The number of amides is 1. The van der Waals surface area contributed by atoms with Gasteiger partial charge in [-0.25, -0.2) is 12.4 Å². The Bertz CT molecular complexity index is 993. The first-order valence-electron chi connectivity index (χ1n) is 6.75. The largest absolute Gasteiger partial charge is 0.364 e. The van der Waals surface area contributed by atoms with Gasteiger partial charge in [-0.2, -0.15) is 0 Å². The number of carbonyl (C=O) groups excluding carboxylic acids is 1. The number of nitrogens with zero attached hydrogens (tertiary/aromatic N) is 1. The third-order valence-corrected chi connectivity index (χ3v) is 5.97. The lowest BCUT2D eigenvalue weighted by atomic mass is 10.2. The van der Waals surface area contributed by atoms with Gasteiger partial charge in [-0.15, -0.1) is 11.8 Å². The fraction of sp³-hybridized carbons (Fsp3) is 0.0625. The zero-order valence-electron chi connectivity index (χ0n) is 12.3. The quantitative estimate of drug-likeness (QED) is 0.736. The molecule has 2 N–H and O–H groups in total. The number of fused-ring (bicyclic) bond motifs is 1. The zero-order valence-corrected chi connectivity index (χ0v) is 13.9. The Morgan fingerprint density at radius 1 is 1.09 bits per heavy atom. The van der Waals surface area contributed by atoms with Gasteiger partial charge in [-0.05, 0) is 42.7 Å². The molecule has 0 spiro atoms. The van der Waals surface area contributed by atoms with Crippen molar-refractivity contribution in [3.63, 3.8) is 0 Å². The third kappa shape index (κ3) is 2.62. The molecule has 0 aliphatic heterocycles. The molecule has 0 unspecified atom stereocenters. The van der Waals surface area contributed by atoms with Crippen molar-refractivity contribution in [3.05, 3.63) is 60.3 Å². The summed E-state index contributed by atoms with van der Waals surface area (Å²) in [4.78, 5) is 12.8. The molecule has 0 bridgehead atoms. The van der Waals surface area contributed by atoms with E-state index in [1.54, 1.807) is 24.3 Å². The van der Waals surface area contributed by atoms with Crippen LogP contribution in [0.15, 0.2) is 64.4 Å². The van der Waals surface area contributed by atoms with E-state index in [0.717, 1.165) is 8.87 Å². The monoisotopic (exact) mass is 346 g/mol. The predicted molar refractivity (Wildman–Crippen MR) is 91.3 cm³/mol. The summed E-state index contributed by atoms with van der Waals surface area (Å²) in [7, 11) is -3.91. The van der Waals surface area contributed by atoms with Gasteiger partial charge in [-0.1, -0.05) is 18.2 Å². The minimum absolute atomic E-state index is 0.0536. The first-order chi connectivity index (χ1) is 10.9. The van der Waals surface area contributed by atoms with Crippen molar-refractivity contribution in [1.82, 2.24) is 3.97 Å². The van der Waals surface area contributed by atoms with E-state index >= 15 is 0 Å². The summed E-state index contributed by atoms with van der Waals surface area (Å²) in [5.74, 6) is -0.786. The Kier molecular flexibility index (Phi) is 3.91. The van der Waals surface area contributed by atoms with E-state index in [0.29, 0.717) is 10.9 Å². The zero-order chi connectivity index (χ0) is 16.6. The first-order valence-corrected chi connectivity index (χ1v) is 9.41. The second-order valence-electron chi connectivity index (χ2n) is 4.90. The van der Waals surface area contributed by atoms with Crippen molar-refractivity contribution in [2.75, 3.05) is 6.26 Å². The van der Waals surface area contributed by atoms with Gasteiger partial charge in [0, 0.05) is 10.3 Å². The van der Waals surface area contributed by atoms with Crippen molar-refractivity contribution in [2.24, 2.45) is 5.73 Å². The molecule has 0 atom stereocenters. The highest BCUT2D eigenvalue weighted by Crippen LogP contribution is 2.28. The van der Waals surface area contributed by atoms with Crippen LogP contribution in [0.1, 0.15) is 10.5 Å². The lowest BCUT2D eigenvalue weighted by molar-refractivity contribution is 0.0995. The van der Waals surface area contributed by atoms with Crippen LogP contribution in [0, 0.1) is 0 Å². The molecule has 118 valence electrons. The minimum atomic E-state index is -3.91. The van der Waals surface area contributed by atoms with Crippen LogP contribution in [-0.2, 0) is 10.0 Å². The summed E-state index contributed by atoms with van der Waals surface area (Å²) < 4.78 is 26.9. The Morgan fingerprint density at radius 3 is 2.39 bits per heavy atom. The summed E-state index contributed by atoms with van der Waals surface area (Å²) in [6, 6.07) is 14.8. The van der Waals surface area contributed by atoms with Crippen LogP contribution in [0.25, 0.3) is 10.9 Å². The molecular weight excluding hydrogens is 332 g/mol. The number of nitrogens with two attached hydrogens (primary N) is 1. The third-order valence-electron chi connectivity index (χ3n) is 3.50. The van der Waals surface area contributed by atoms with Crippen molar-refractivity contribution in [3.8, 4) is 0 Å². The molecule has 1 aromatic heterocycles. The number of primary amides is 1. The molecule has 0 radical (unpaired) electrons. The summed E-state index contributed by atoms with van der Waals surface area (Å²) in [6.45, 7) is 0. The van der Waals surface area contributed by atoms with Gasteiger partial charge in [0.05, 0.1) is 10.4 Å². The molecule has 1 heterocycles. The second kappa shape index (κ2) is 5.75. The number of thioether (sulfide) groups is 1. The van der Waals surface area contributed by atoms with Crippen LogP contribution in [0.3, 0.4) is 0 Å². The molecule has 0 fully saturated rings. The molecule has 1 amide bonds. The van der Waals surface area contributed by atoms with Gasteiger partial charge < -0.3 is 5.73 Å². The van der Waals surface area contributed by atoms with Crippen molar-refractivity contribution >= 4 is 38.6 Å². The molecule has 3 aromatic rings. The normalized spacial score (nSPS) is 11.7. The van der Waals surface area contributed by atoms with Crippen LogP contribution in [0.4, 0.5) is 0 Å². The van der Waals surface area contributed by atoms with Gasteiger partial charge >= 0.3 is 0 Å². The SMILES string of the molecule is CSc1ccc2c(c1)cc(C(N)=O)n2S(=O)(=O)c1ccccc1. The fourth-order valence-electron chi connectivity index (χ4n) is 2.42. The van der Waals surface area contributed by atoms with E-state index in [1.807, 2.05) is 18.4 Å². The van der Waals surface area contributed by atoms with E-state index in [4.69, 9.17) is 5.73 Å². The number of aromatic nitrogens is 1. The van der Waals surface area contributed by atoms with Gasteiger partial charge in [-0.3, -0.25) is 4.79 Å². The van der Waals surface area contributed by atoms with E-state index < -0.39 is 15.9 Å². The Morgan fingerprint density at radius 2 is 1.78 bits per heavy atom. The number of benzene rings is 2. The van der Waals surface area contributed by atoms with Crippen LogP contribution in [0.2, 0.25) is 0 Å². The smallest absolute Gasteiger partial charge is 0.268 e. The van der Waals surface area contributed by atoms with E-state index in [2.05, 4.69) is 0 Å². The predicted octanol–water partition coefficient (Wildman–Crippen LogP) is 2.70. The van der Waals surface area contributed by atoms with E-state index in [-0.39, 0.29) is 10.6 Å². The molecule has 0 saturated heterocycles. The maximum atomic E-state index is 12.9. The highest BCUT2D eigenvalue weighted by Gasteiger charge is 2.25. The topological polar surface area (TPSA) is 82.2 Å². The van der Waals surface area contributed by atoms with Crippen LogP contribution < -0.4 is 5.73 Å². The van der Waals surface area contributed by atoms with Crippen LogP contribution in [-0.4, -0.2) is 24.6 Å². The molecule has 0 aliphatic rings. The molecule has 2 aromatic carbocycles. The molecule has 3 rings (SSSR count). The van der Waals surface area contributed by atoms with Crippen LogP contribution in [0.5, 0.6) is 0 Å². The molecule has 23 heavy (non-hydrogen) atoms. The fourth-order valence-corrected chi connectivity index (χ4v) is 4.41. The lowest BCUT2D eigenvalue weighted by Gasteiger charge is -2.10. The number of carbonyl (C=O) groups is 1. The van der Waals surface area contributed by atoms with Crippen molar-refractivity contribution in [1.29, 1.82) is 0 Å². The summed E-state index contributed by atoms with van der Waals surface area (Å²) in [5.41, 5.74) is 5.77. The molecule has 0 saturated carbocycles. The van der Waals surface area contributed by atoms with Crippen LogP contribution >= 0.6 is 11.8 Å². The van der Waals surface area contributed by atoms with Gasteiger partial charge in [0.25, 0.3) is 15.9 Å². The Balaban J connectivity index is 2.36. The van der Waals surface area contributed by atoms with E-state index in [1.165, 1.54) is 30.0 Å². The maximum absolute atomic E-state index is 12.9. The maximum Gasteiger partial charge on any atom is 0.268 e.